The highest BCUT2D eigenvalue weighted by molar-refractivity contribution is 5.35. The molecule has 0 fully saturated rings. The Bertz CT molecular complexity index is 292. The Kier molecular flexibility index (Phi) is 2.48. The van der Waals surface area contributed by atoms with Crippen molar-refractivity contribution in [3.05, 3.63) is 34.6 Å². The number of aliphatic hydroxyl groups excluding tert-OH is 1. The van der Waals surface area contributed by atoms with E-state index in [0.29, 0.717) is 11.1 Å². The second-order valence-corrected chi connectivity index (χ2v) is 3.08. The molecule has 0 aliphatic rings. The van der Waals surface area contributed by atoms with Gasteiger partial charge < -0.3 is 5.11 Å². The SMILES string of the molecule is Cc1ccc(F)c(C)c1[C@@H](C)O. The molecule has 0 radical (unpaired) electrons. The van der Waals surface area contributed by atoms with Crippen molar-refractivity contribution in [1.29, 1.82) is 0 Å². The summed E-state index contributed by atoms with van der Waals surface area (Å²) in [6.45, 7) is 5.20. The molecule has 0 bridgehead atoms. The lowest BCUT2D eigenvalue weighted by Gasteiger charge is -2.12. The van der Waals surface area contributed by atoms with Crippen LogP contribution < -0.4 is 0 Å². The maximum atomic E-state index is 13.0. The zero-order valence-corrected chi connectivity index (χ0v) is 7.56. The summed E-state index contributed by atoms with van der Waals surface area (Å²) in [5, 5.41) is 9.34. The Morgan fingerprint density at radius 1 is 1.33 bits per heavy atom. The van der Waals surface area contributed by atoms with Crippen molar-refractivity contribution in [1.82, 2.24) is 0 Å². The van der Waals surface area contributed by atoms with Gasteiger partial charge in [-0.3, -0.25) is 0 Å². The lowest BCUT2D eigenvalue weighted by atomic mass is 9.98. The predicted molar refractivity (Wildman–Crippen MR) is 46.5 cm³/mol. The number of halogens is 1. The van der Waals surface area contributed by atoms with E-state index in [4.69, 9.17) is 0 Å². The molecular weight excluding hydrogens is 155 g/mol. The maximum absolute atomic E-state index is 13.0. The Labute approximate surface area is 71.9 Å². The minimum atomic E-state index is -0.597. The molecule has 0 aliphatic heterocycles. The van der Waals surface area contributed by atoms with Crippen LogP contribution in [0.1, 0.15) is 29.7 Å². The Morgan fingerprint density at radius 3 is 2.33 bits per heavy atom. The Morgan fingerprint density at radius 2 is 1.92 bits per heavy atom. The van der Waals surface area contributed by atoms with E-state index < -0.39 is 6.10 Å². The third-order valence-corrected chi connectivity index (χ3v) is 2.08. The molecular formula is C10H13FO. The molecule has 1 atom stereocenters. The molecule has 0 saturated carbocycles. The number of aliphatic hydroxyl groups is 1. The fourth-order valence-electron chi connectivity index (χ4n) is 1.48. The maximum Gasteiger partial charge on any atom is 0.126 e. The van der Waals surface area contributed by atoms with Crippen LogP contribution in [-0.2, 0) is 0 Å². The lowest BCUT2D eigenvalue weighted by molar-refractivity contribution is 0.197. The summed E-state index contributed by atoms with van der Waals surface area (Å²) >= 11 is 0. The normalized spacial score (nSPS) is 13.1. The highest BCUT2D eigenvalue weighted by Gasteiger charge is 2.10. The molecule has 0 heterocycles. The van der Waals surface area contributed by atoms with Gasteiger partial charge in [0.05, 0.1) is 6.10 Å². The van der Waals surface area contributed by atoms with Crippen LogP contribution in [0.3, 0.4) is 0 Å². The van der Waals surface area contributed by atoms with E-state index in [9.17, 15) is 9.50 Å². The fourth-order valence-corrected chi connectivity index (χ4v) is 1.48. The summed E-state index contributed by atoms with van der Waals surface area (Å²) in [6, 6.07) is 3.11. The molecule has 0 saturated heterocycles. The predicted octanol–water partition coefficient (Wildman–Crippen LogP) is 2.50. The van der Waals surface area contributed by atoms with E-state index >= 15 is 0 Å². The van der Waals surface area contributed by atoms with E-state index in [1.54, 1.807) is 19.9 Å². The van der Waals surface area contributed by atoms with Gasteiger partial charge in [0.1, 0.15) is 5.82 Å². The van der Waals surface area contributed by atoms with Gasteiger partial charge >= 0.3 is 0 Å². The van der Waals surface area contributed by atoms with Crippen LogP contribution in [-0.4, -0.2) is 5.11 Å². The van der Waals surface area contributed by atoms with Crippen LogP contribution in [0.2, 0.25) is 0 Å². The zero-order valence-electron chi connectivity index (χ0n) is 7.56. The van der Waals surface area contributed by atoms with Gasteiger partial charge in [0.15, 0.2) is 0 Å². The van der Waals surface area contributed by atoms with Crippen molar-refractivity contribution in [2.75, 3.05) is 0 Å². The summed E-state index contributed by atoms with van der Waals surface area (Å²) in [4.78, 5) is 0. The van der Waals surface area contributed by atoms with Gasteiger partial charge in [0, 0.05) is 0 Å². The smallest absolute Gasteiger partial charge is 0.126 e. The quantitative estimate of drug-likeness (QED) is 0.683. The van der Waals surface area contributed by atoms with Gasteiger partial charge in [-0.15, -0.1) is 0 Å². The largest absolute Gasteiger partial charge is 0.389 e. The van der Waals surface area contributed by atoms with Gasteiger partial charge in [-0.2, -0.15) is 0 Å². The average Bonchev–Trinajstić information content (AvgIpc) is 1.97. The van der Waals surface area contributed by atoms with Crippen molar-refractivity contribution in [3.63, 3.8) is 0 Å². The highest BCUT2D eigenvalue weighted by Crippen LogP contribution is 2.23. The fraction of sp³-hybridized carbons (Fsp3) is 0.400. The van der Waals surface area contributed by atoms with Crippen LogP contribution >= 0.6 is 0 Å². The molecule has 0 aliphatic carbocycles. The van der Waals surface area contributed by atoms with Crippen LogP contribution in [0.25, 0.3) is 0 Å². The van der Waals surface area contributed by atoms with Gasteiger partial charge in [0.25, 0.3) is 0 Å². The van der Waals surface area contributed by atoms with Gasteiger partial charge in [-0.05, 0) is 43.5 Å². The molecule has 1 rings (SSSR count). The van der Waals surface area contributed by atoms with Crippen LogP contribution in [0.15, 0.2) is 12.1 Å². The number of hydrogen-bond donors (Lipinski definition) is 1. The highest BCUT2D eigenvalue weighted by atomic mass is 19.1. The van der Waals surface area contributed by atoms with Crippen molar-refractivity contribution >= 4 is 0 Å². The van der Waals surface area contributed by atoms with Crippen molar-refractivity contribution < 1.29 is 9.50 Å². The molecule has 1 aromatic carbocycles. The Balaban J connectivity index is 3.33. The number of rotatable bonds is 1. The van der Waals surface area contributed by atoms with E-state index in [0.717, 1.165) is 5.56 Å². The van der Waals surface area contributed by atoms with Crippen LogP contribution in [0.4, 0.5) is 4.39 Å². The van der Waals surface area contributed by atoms with Gasteiger partial charge in [-0.1, -0.05) is 6.07 Å². The molecule has 0 unspecified atom stereocenters. The summed E-state index contributed by atoms with van der Waals surface area (Å²) in [5.74, 6) is -0.253. The average molecular weight is 168 g/mol. The van der Waals surface area contributed by atoms with Crippen molar-refractivity contribution in [2.24, 2.45) is 0 Å². The first-order valence-electron chi connectivity index (χ1n) is 3.97. The van der Waals surface area contributed by atoms with Crippen molar-refractivity contribution in [2.45, 2.75) is 26.9 Å². The summed E-state index contributed by atoms with van der Waals surface area (Å²) < 4.78 is 13.0. The first kappa shape index (κ1) is 9.20. The van der Waals surface area contributed by atoms with Gasteiger partial charge in [0.2, 0.25) is 0 Å². The third kappa shape index (κ3) is 1.48. The van der Waals surface area contributed by atoms with E-state index in [-0.39, 0.29) is 5.82 Å². The number of hydrogen-bond acceptors (Lipinski definition) is 1. The summed E-state index contributed by atoms with van der Waals surface area (Å²) in [5.41, 5.74) is 2.18. The van der Waals surface area contributed by atoms with E-state index in [1.165, 1.54) is 6.07 Å². The molecule has 0 spiro atoms. The molecule has 66 valence electrons. The first-order chi connectivity index (χ1) is 5.54. The molecule has 1 aromatic rings. The molecule has 0 aromatic heterocycles. The second kappa shape index (κ2) is 3.23. The minimum Gasteiger partial charge on any atom is -0.389 e. The Hall–Kier alpha value is -0.890. The van der Waals surface area contributed by atoms with Crippen molar-refractivity contribution in [3.8, 4) is 0 Å². The standard InChI is InChI=1S/C10H13FO/c1-6-4-5-9(11)7(2)10(6)8(3)12/h4-5,8,12H,1-3H3/t8-/m1/s1. The third-order valence-electron chi connectivity index (χ3n) is 2.08. The minimum absolute atomic E-state index is 0.253. The van der Waals surface area contributed by atoms with E-state index in [2.05, 4.69) is 0 Å². The van der Waals surface area contributed by atoms with E-state index in [1.807, 2.05) is 6.92 Å². The van der Waals surface area contributed by atoms with Crippen LogP contribution in [0.5, 0.6) is 0 Å². The number of benzene rings is 1. The monoisotopic (exact) mass is 168 g/mol. The number of aryl methyl sites for hydroxylation is 1. The zero-order chi connectivity index (χ0) is 9.30. The topological polar surface area (TPSA) is 20.2 Å². The molecule has 1 N–H and O–H groups in total. The summed E-state index contributed by atoms with van der Waals surface area (Å²) in [6.07, 6.45) is -0.597. The molecule has 1 nitrogen and oxygen atoms in total. The molecule has 12 heavy (non-hydrogen) atoms. The van der Waals surface area contributed by atoms with Crippen LogP contribution in [0, 0.1) is 19.7 Å². The summed E-state index contributed by atoms with van der Waals surface area (Å²) in [7, 11) is 0. The molecule has 2 heteroatoms. The molecule has 0 amide bonds. The first-order valence-corrected chi connectivity index (χ1v) is 3.97. The lowest BCUT2D eigenvalue weighted by Crippen LogP contribution is -2.00. The second-order valence-electron chi connectivity index (χ2n) is 3.08. The van der Waals surface area contributed by atoms with Gasteiger partial charge in [-0.25, -0.2) is 4.39 Å².